The molecule has 0 fully saturated rings. The van der Waals surface area contributed by atoms with Crippen molar-refractivity contribution in [1.29, 1.82) is 0 Å². The smallest absolute Gasteiger partial charge is 0.258 e. The Bertz CT molecular complexity index is 1130. The summed E-state index contributed by atoms with van der Waals surface area (Å²) < 4.78 is 1.78. The van der Waals surface area contributed by atoms with Gasteiger partial charge in [-0.2, -0.15) is 4.57 Å². The topological polar surface area (TPSA) is 45.9 Å². The first-order valence-electron chi connectivity index (χ1n) is 10.5. The lowest BCUT2D eigenvalue weighted by Gasteiger charge is -2.09. The van der Waals surface area contributed by atoms with Crippen molar-refractivity contribution in [2.75, 3.05) is 5.32 Å². The SMILES string of the molecule is O=C1C(Cc2ccccc2)Nc2c(Cc3ccccc3)nc(C3=CCCC=C3)c[n+]21. The molecular formula is C26H24N3O+. The van der Waals surface area contributed by atoms with Crippen LogP contribution in [0.2, 0.25) is 0 Å². The summed E-state index contributed by atoms with van der Waals surface area (Å²) in [6, 6.07) is 20.2. The first-order valence-corrected chi connectivity index (χ1v) is 10.5. The van der Waals surface area contributed by atoms with E-state index in [0.29, 0.717) is 12.8 Å². The van der Waals surface area contributed by atoms with E-state index in [-0.39, 0.29) is 11.9 Å². The van der Waals surface area contributed by atoms with Crippen LogP contribution in [0.4, 0.5) is 5.82 Å². The van der Waals surface area contributed by atoms with E-state index in [1.54, 1.807) is 4.57 Å². The first-order chi connectivity index (χ1) is 14.8. The maximum atomic E-state index is 13.3. The molecule has 5 rings (SSSR count). The Labute approximate surface area is 176 Å². The number of hydrogen-bond donors (Lipinski definition) is 1. The third kappa shape index (κ3) is 3.69. The molecule has 148 valence electrons. The molecule has 0 bridgehead atoms. The predicted molar refractivity (Wildman–Crippen MR) is 118 cm³/mol. The second-order valence-electron chi connectivity index (χ2n) is 7.82. The molecule has 1 aromatic heterocycles. The summed E-state index contributed by atoms with van der Waals surface area (Å²) in [6.07, 6.45) is 11.8. The van der Waals surface area contributed by atoms with Crippen molar-refractivity contribution in [2.24, 2.45) is 0 Å². The van der Waals surface area contributed by atoms with Gasteiger partial charge in [0, 0.05) is 12.8 Å². The zero-order valence-electron chi connectivity index (χ0n) is 16.8. The monoisotopic (exact) mass is 394 g/mol. The highest BCUT2D eigenvalue weighted by Crippen LogP contribution is 2.25. The molecule has 3 aromatic rings. The highest BCUT2D eigenvalue weighted by Gasteiger charge is 2.41. The highest BCUT2D eigenvalue weighted by molar-refractivity contribution is 5.83. The van der Waals surface area contributed by atoms with Crippen LogP contribution in [0.25, 0.3) is 5.57 Å². The fourth-order valence-electron chi connectivity index (χ4n) is 4.12. The summed E-state index contributed by atoms with van der Waals surface area (Å²) in [5.74, 6) is 0.890. The van der Waals surface area contributed by atoms with E-state index in [1.807, 2.05) is 42.6 Å². The van der Waals surface area contributed by atoms with Gasteiger partial charge in [0.1, 0.15) is 17.6 Å². The van der Waals surface area contributed by atoms with Crippen molar-refractivity contribution in [3.05, 3.63) is 108 Å². The van der Waals surface area contributed by atoms with Crippen molar-refractivity contribution in [1.82, 2.24) is 4.98 Å². The van der Waals surface area contributed by atoms with Gasteiger partial charge < -0.3 is 0 Å². The van der Waals surface area contributed by atoms with E-state index in [1.165, 1.54) is 5.56 Å². The van der Waals surface area contributed by atoms with Crippen LogP contribution >= 0.6 is 0 Å². The van der Waals surface area contributed by atoms with Crippen LogP contribution in [0, 0.1) is 0 Å². The zero-order chi connectivity index (χ0) is 20.3. The maximum absolute atomic E-state index is 13.3. The van der Waals surface area contributed by atoms with Gasteiger partial charge in [0.25, 0.3) is 0 Å². The fraction of sp³-hybridized carbons (Fsp3) is 0.192. The largest absolute Gasteiger partial charge is 0.359 e. The molecule has 1 N–H and O–H groups in total. The minimum atomic E-state index is -0.283. The Morgan fingerprint density at radius 2 is 1.70 bits per heavy atom. The van der Waals surface area contributed by atoms with Crippen molar-refractivity contribution in [2.45, 2.75) is 31.7 Å². The Kier molecular flexibility index (Phi) is 4.98. The number of benzene rings is 2. The van der Waals surface area contributed by atoms with Crippen molar-refractivity contribution >= 4 is 17.3 Å². The number of nitrogens with zero attached hydrogens (tertiary/aromatic N) is 2. The third-order valence-corrected chi connectivity index (χ3v) is 5.66. The van der Waals surface area contributed by atoms with Crippen molar-refractivity contribution < 1.29 is 9.36 Å². The van der Waals surface area contributed by atoms with E-state index in [9.17, 15) is 4.79 Å². The van der Waals surface area contributed by atoms with Crippen LogP contribution < -0.4 is 9.88 Å². The lowest BCUT2D eigenvalue weighted by Crippen LogP contribution is -2.44. The number of rotatable bonds is 5. The second-order valence-corrected chi connectivity index (χ2v) is 7.82. The molecule has 4 heteroatoms. The number of nitrogens with one attached hydrogen (secondary N) is 1. The normalized spacial score (nSPS) is 17.4. The van der Waals surface area contributed by atoms with Gasteiger partial charge in [0.05, 0.1) is 0 Å². The highest BCUT2D eigenvalue weighted by atomic mass is 16.2. The first kappa shape index (κ1) is 18.5. The van der Waals surface area contributed by atoms with Crippen LogP contribution in [-0.4, -0.2) is 16.9 Å². The molecule has 30 heavy (non-hydrogen) atoms. The molecule has 1 aliphatic heterocycles. The fourth-order valence-corrected chi connectivity index (χ4v) is 4.12. The minimum Gasteiger partial charge on any atom is -0.258 e. The molecule has 0 amide bonds. The maximum Gasteiger partial charge on any atom is 0.359 e. The molecule has 0 spiro atoms. The van der Waals surface area contributed by atoms with E-state index < -0.39 is 0 Å². The lowest BCUT2D eigenvalue weighted by molar-refractivity contribution is -0.553. The van der Waals surface area contributed by atoms with Crippen LogP contribution in [0.15, 0.2) is 85.1 Å². The van der Waals surface area contributed by atoms with Gasteiger partial charge >= 0.3 is 11.7 Å². The summed E-state index contributed by atoms with van der Waals surface area (Å²) >= 11 is 0. The number of hydrogen-bond acceptors (Lipinski definition) is 3. The molecule has 2 aliphatic rings. The van der Waals surface area contributed by atoms with Crippen molar-refractivity contribution in [3.63, 3.8) is 0 Å². The number of fused-ring (bicyclic) bond motifs is 1. The molecule has 4 nitrogen and oxygen atoms in total. The average Bonchev–Trinajstić information content (AvgIpc) is 3.11. The third-order valence-electron chi connectivity index (χ3n) is 5.66. The van der Waals surface area contributed by atoms with Crippen LogP contribution in [0.3, 0.4) is 0 Å². The number of allylic oxidation sites excluding steroid dienone is 4. The molecule has 2 heterocycles. The molecule has 1 unspecified atom stereocenters. The Hall–Kier alpha value is -3.53. The second kappa shape index (κ2) is 8.07. The lowest BCUT2D eigenvalue weighted by atomic mass is 10.0. The summed E-state index contributed by atoms with van der Waals surface area (Å²) in [6.45, 7) is 0. The van der Waals surface area contributed by atoms with E-state index in [0.717, 1.165) is 41.2 Å². The molecule has 0 saturated carbocycles. The molecular weight excluding hydrogens is 370 g/mol. The van der Waals surface area contributed by atoms with Gasteiger partial charge in [-0.3, -0.25) is 5.32 Å². The van der Waals surface area contributed by atoms with Gasteiger partial charge in [-0.05, 0) is 29.5 Å². The Morgan fingerprint density at radius 3 is 2.40 bits per heavy atom. The molecule has 0 radical (unpaired) electrons. The van der Waals surface area contributed by atoms with Gasteiger partial charge in [-0.15, -0.1) is 0 Å². The van der Waals surface area contributed by atoms with Crippen LogP contribution in [-0.2, 0) is 12.8 Å². The molecule has 0 saturated heterocycles. The van der Waals surface area contributed by atoms with Gasteiger partial charge in [0.2, 0.25) is 0 Å². The van der Waals surface area contributed by atoms with E-state index in [2.05, 4.69) is 47.8 Å². The average molecular weight is 394 g/mol. The van der Waals surface area contributed by atoms with Crippen LogP contribution in [0.1, 0.15) is 40.2 Å². The Balaban J connectivity index is 1.53. The summed E-state index contributed by atoms with van der Waals surface area (Å²) in [4.78, 5) is 18.3. The van der Waals surface area contributed by atoms with E-state index >= 15 is 0 Å². The van der Waals surface area contributed by atoms with Gasteiger partial charge in [0.15, 0.2) is 6.04 Å². The van der Waals surface area contributed by atoms with Gasteiger partial charge in [-0.1, -0.05) is 78.9 Å². The quantitative estimate of drug-likeness (QED) is 0.654. The number of carbonyl (C=O) groups is 1. The minimum absolute atomic E-state index is 0.0761. The number of aromatic nitrogens is 2. The zero-order valence-corrected chi connectivity index (χ0v) is 16.8. The summed E-state index contributed by atoms with van der Waals surface area (Å²) in [5, 5.41) is 3.47. The number of anilines is 1. The van der Waals surface area contributed by atoms with Crippen molar-refractivity contribution in [3.8, 4) is 0 Å². The summed E-state index contributed by atoms with van der Waals surface area (Å²) in [7, 11) is 0. The number of carbonyl (C=O) groups excluding carboxylic acids is 1. The van der Waals surface area contributed by atoms with Gasteiger partial charge in [-0.25, -0.2) is 9.78 Å². The van der Waals surface area contributed by atoms with E-state index in [4.69, 9.17) is 4.98 Å². The molecule has 1 aliphatic carbocycles. The molecule has 1 atom stereocenters. The Morgan fingerprint density at radius 1 is 0.967 bits per heavy atom. The predicted octanol–water partition coefficient (Wildman–Crippen LogP) is 4.37. The van der Waals surface area contributed by atoms with Crippen LogP contribution in [0.5, 0.6) is 0 Å². The summed E-state index contributed by atoms with van der Waals surface area (Å²) in [5.41, 5.74) is 5.18. The standard InChI is InChI=1S/C26H23N3O/c30-26-23(17-20-12-6-2-7-13-20)28-25-22(16-19-10-4-1-5-11-19)27-24(18-29(25)26)21-14-8-3-9-15-21/h1-2,4-8,10-15,18,23H,3,9,16-17H2/p+1. The molecule has 2 aromatic carbocycles.